The third-order valence-electron chi connectivity index (χ3n) is 3.17. The molecule has 1 unspecified atom stereocenters. The van der Waals surface area contributed by atoms with Gasteiger partial charge in [0.1, 0.15) is 0 Å². The average Bonchev–Trinajstić information content (AvgIpc) is 2.56. The topological polar surface area (TPSA) is 20.2 Å². The van der Waals surface area contributed by atoms with E-state index in [-0.39, 0.29) is 6.10 Å². The molecule has 0 aliphatic heterocycles. The van der Waals surface area contributed by atoms with Gasteiger partial charge in [-0.1, -0.05) is 45.8 Å². The summed E-state index contributed by atoms with van der Waals surface area (Å²) in [6, 6.07) is 0. The Morgan fingerprint density at radius 3 is 2.56 bits per heavy atom. The van der Waals surface area contributed by atoms with E-state index in [9.17, 15) is 5.11 Å². The fourth-order valence-corrected chi connectivity index (χ4v) is 2.30. The van der Waals surface area contributed by atoms with Crippen LogP contribution in [0.2, 0.25) is 0 Å². The van der Waals surface area contributed by atoms with E-state index in [0.29, 0.717) is 5.92 Å². The molecule has 1 atom stereocenters. The highest BCUT2D eigenvalue weighted by Gasteiger charge is 2.23. The van der Waals surface area contributed by atoms with Gasteiger partial charge in [-0.2, -0.15) is 0 Å². The average molecular weight is 222 g/mol. The van der Waals surface area contributed by atoms with Gasteiger partial charge in [0.15, 0.2) is 0 Å². The van der Waals surface area contributed by atoms with Gasteiger partial charge in [0.05, 0.1) is 6.10 Å². The van der Waals surface area contributed by atoms with Gasteiger partial charge in [-0.3, -0.25) is 0 Å². The Morgan fingerprint density at radius 2 is 1.94 bits per heavy atom. The van der Waals surface area contributed by atoms with E-state index in [1.807, 2.05) is 0 Å². The zero-order valence-corrected chi connectivity index (χ0v) is 11.0. The molecule has 1 heteroatoms. The Kier molecular flexibility index (Phi) is 5.83. The molecule has 1 fully saturated rings. The Balaban J connectivity index is 2.47. The number of aliphatic hydroxyl groups excluding tert-OH is 1. The first-order chi connectivity index (χ1) is 7.65. The van der Waals surface area contributed by atoms with Crippen LogP contribution in [0.3, 0.4) is 0 Å². The Morgan fingerprint density at radius 1 is 1.25 bits per heavy atom. The number of unbranched alkanes of at least 4 members (excludes halogenated alkanes) is 3. The van der Waals surface area contributed by atoms with E-state index in [1.165, 1.54) is 30.4 Å². The van der Waals surface area contributed by atoms with Gasteiger partial charge in [0.2, 0.25) is 0 Å². The monoisotopic (exact) mass is 222 g/mol. The molecule has 0 bridgehead atoms. The molecule has 16 heavy (non-hydrogen) atoms. The highest BCUT2D eigenvalue weighted by molar-refractivity contribution is 5.30. The van der Waals surface area contributed by atoms with Crippen molar-refractivity contribution in [2.24, 2.45) is 5.92 Å². The highest BCUT2D eigenvalue weighted by Crippen LogP contribution is 2.31. The summed E-state index contributed by atoms with van der Waals surface area (Å²) in [7, 11) is 0. The lowest BCUT2D eigenvalue weighted by Crippen LogP contribution is -2.06. The predicted octanol–water partition coefficient (Wildman–Crippen LogP) is 4.23. The maximum absolute atomic E-state index is 10.1. The molecule has 0 aromatic carbocycles. The van der Waals surface area contributed by atoms with Crippen molar-refractivity contribution in [3.63, 3.8) is 0 Å². The molecule has 0 aromatic heterocycles. The second-order valence-corrected chi connectivity index (χ2v) is 5.16. The second-order valence-electron chi connectivity index (χ2n) is 5.16. The summed E-state index contributed by atoms with van der Waals surface area (Å²) in [6.07, 6.45) is 11.3. The minimum atomic E-state index is -0.274. The van der Waals surface area contributed by atoms with E-state index in [0.717, 1.165) is 19.3 Å². The Hall–Kier alpha value is -0.560. The first-order valence-corrected chi connectivity index (χ1v) is 6.72. The highest BCUT2D eigenvalue weighted by atomic mass is 16.3. The van der Waals surface area contributed by atoms with Crippen LogP contribution in [0.4, 0.5) is 0 Å². The van der Waals surface area contributed by atoms with E-state index >= 15 is 0 Å². The van der Waals surface area contributed by atoms with Crippen LogP contribution in [-0.4, -0.2) is 11.2 Å². The number of hydrogen-bond donors (Lipinski definition) is 1. The van der Waals surface area contributed by atoms with Crippen molar-refractivity contribution in [3.8, 4) is 0 Å². The lowest BCUT2D eigenvalue weighted by Gasteiger charge is -2.08. The molecule has 92 valence electrons. The predicted molar refractivity (Wildman–Crippen MR) is 70.4 cm³/mol. The van der Waals surface area contributed by atoms with Crippen LogP contribution in [0.5, 0.6) is 0 Å². The Bertz CT molecular complexity index is 261. The lowest BCUT2D eigenvalue weighted by molar-refractivity contribution is 0.254. The summed E-state index contributed by atoms with van der Waals surface area (Å²) in [5.74, 6) is 0.545. The standard InChI is InChI=1S/C15H26O/c1-4-5-6-7-8-13-9-10-14(15(13)16)11-12(2)3/h8,11-12,15-16H,4-7,9-10H2,1-3H3. The summed E-state index contributed by atoms with van der Waals surface area (Å²) in [5, 5.41) is 10.1. The largest absolute Gasteiger partial charge is 0.384 e. The van der Waals surface area contributed by atoms with E-state index < -0.39 is 0 Å². The fraction of sp³-hybridized carbons (Fsp3) is 0.733. The molecular formula is C15H26O. The first kappa shape index (κ1) is 13.5. The van der Waals surface area contributed by atoms with Gasteiger partial charge in [-0.05, 0) is 42.7 Å². The van der Waals surface area contributed by atoms with Crippen LogP contribution in [0.25, 0.3) is 0 Å². The molecular weight excluding hydrogens is 196 g/mol. The second kappa shape index (κ2) is 6.90. The van der Waals surface area contributed by atoms with E-state index in [4.69, 9.17) is 0 Å². The number of aliphatic hydroxyl groups is 1. The van der Waals surface area contributed by atoms with Crippen molar-refractivity contribution in [1.29, 1.82) is 0 Å². The minimum absolute atomic E-state index is 0.274. The van der Waals surface area contributed by atoms with Gasteiger partial charge in [0.25, 0.3) is 0 Å². The van der Waals surface area contributed by atoms with Crippen LogP contribution in [0, 0.1) is 5.92 Å². The number of allylic oxidation sites excluding steroid dienone is 2. The summed E-state index contributed by atoms with van der Waals surface area (Å²) in [5.41, 5.74) is 2.49. The summed E-state index contributed by atoms with van der Waals surface area (Å²) in [4.78, 5) is 0. The van der Waals surface area contributed by atoms with Crippen LogP contribution in [-0.2, 0) is 0 Å². The smallest absolute Gasteiger partial charge is 0.0961 e. The van der Waals surface area contributed by atoms with Crippen LogP contribution >= 0.6 is 0 Å². The molecule has 1 rings (SSSR count). The van der Waals surface area contributed by atoms with Crippen molar-refractivity contribution >= 4 is 0 Å². The molecule has 0 radical (unpaired) electrons. The van der Waals surface area contributed by atoms with Crippen LogP contribution in [0.1, 0.15) is 59.3 Å². The number of rotatable bonds is 5. The van der Waals surface area contributed by atoms with Gasteiger partial charge >= 0.3 is 0 Å². The quantitative estimate of drug-likeness (QED) is 0.545. The SMILES string of the molecule is CCCCCC=C1CCC(=CC(C)C)C1O. The summed E-state index contributed by atoms with van der Waals surface area (Å²) >= 11 is 0. The minimum Gasteiger partial charge on any atom is -0.384 e. The van der Waals surface area contributed by atoms with Crippen molar-refractivity contribution in [2.45, 2.75) is 65.4 Å². The summed E-state index contributed by atoms with van der Waals surface area (Å²) < 4.78 is 0. The lowest BCUT2D eigenvalue weighted by atomic mass is 10.0. The zero-order valence-electron chi connectivity index (χ0n) is 11.0. The molecule has 1 N–H and O–H groups in total. The number of hydrogen-bond acceptors (Lipinski definition) is 1. The third-order valence-corrected chi connectivity index (χ3v) is 3.17. The van der Waals surface area contributed by atoms with Crippen molar-refractivity contribution in [3.05, 3.63) is 23.3 Å². The van der Waals surface area contributed by atoms with Crippen molar-refractivity contribution in [1.82, 2.24) is 0 Å². The van der Waals surface area contributed by atoms with Gasteiger partial charge in [0, 0.05) is 0 Å². The molecule has 0 aromatic rings. The zero-order chi connectivity index (χ0) is 12.0. The molecule has 1 saturated carbocycles. The van der Waals surface area contributed by atoms with Crippen LogP contribution < -0.4 is 0 Å². The molecule has 1 aliphatic carbocycles. The van der Waals surface area contributed by atoms with Gasteiger partial charge in [-0.15, -0.1) is 0 Å². The summed E-state index contributed by atoms with van der Waals surface area (Å²) in [6.45, 7) is 6.56. The van der Waals surface area contributed by atoms with Gasteiger partial charge < -0.3 is 5.11 Å². The first-order valence-electron chi connectivity index (χ1n) is 6.72. The molecule has 0 spiro atoms. The molecule has 1 aliphatic rings. The van der Waals surface area contributed by atoms with E-state index in [2.05, 4.69) is 32.9 Å². The van der Waals surface area contributed by atoms with Crippen molar-refractivity contribution in [2.75, 3.05) is 0 Å². The maximum Gasteiger partial charge on any atom is 0.0961 e. The van der Waals surface area contributed by atoms with E-state index in [1.54, 1.807) is 0 Å². The van der Waals surface area contributed by atoms with Crippen LogP contribution in [0.15, 0.2) is 23.3 Å². The molecule has 0 saturated heterocycles. The van der Waals surface area contributed by atoms with Gasteiger partial charge in [-0.25, -0.2) is 0 Å². The maximum atomic E-state index is 10.1. The Labute approximate surface area is 100 Å². The third kappa shape index (κ3) is 4.13. The normalized spacial score (nSPS) is 26.2. The van der Waals surface area contributed by atoms with Crippen molar-refractivity contribution < 1.29 is 5.11 Å². The molecule has 1 nitrogen and oxygen atoms in total. The molecule has 0 amide bonds. The molecule has 0 heterocycles. The fourth-order valence-electron chi connectivity index (χ4n) is 2.30.